The van der Waals surface area contributed by atoms with Crippen molar-refractivity contribution in [3.8, 4) is 0 Å². The smallest absolute Gasteiger partial charge is 0.338 e. The van der Waals surface area contributed by atoms with Gasteiger partial charge in [0.25, 0.3) is 0 Å². The van der Waals surface area contributed by atoms with Crippen molar-refractivity contribution in [2.75, 3.05) is 0 Å². The monoisotopic (exact) mass is 349 g/mol. The number of hydrogen-bond acceptors (Lipinski definition) is 5. The van der Waals surface area contributed by atoms with Crippen molar-refractivity contribution >= 4 is 38.7 Å². The molecule has 2 aromatic rings. The van der Waals surface area contributed by atoms with Crippen molar-refractivity contribution in [2.45, 2.75) is 17.6 Å². The number of nitrogens with zero attached hydrogens (tertiary/aromatic N) is 1. The number of rotatable bonds is 4. The third-order valence-electron chi connectivity index (χ3n) is 2.57. The van der Waals surface area contributed by atoms with Crippen LogP contribution in [0.2, 0.25) is 5.02 Å². The number of hydrogen-bond donors (Lipinski definition) is 1. The van der Waals surface area contributed by atoms with Gasteiger partial charge in [0, 0.05) is 16.1 Å². The molecule has 5 nitrogen and oxygen atoms in total. The summed E-state index contributed by atoms with van der Waals surface area (Å²) in [5.74, 6) is -3.36. The maximum atomic E-state index is 14.1. The van der Waals surface area contributed by atoms with Crippen LogP contribution >= 0.6 is 22.9 Å². The van der Waals surface area contributed by atoms with Gasteiger partial charge in [-0.1, -0.05) is 11.6 Å². The van der Waals surface area contributed by atoms with Gasteiger partial charge < -0.3 is 5.11 Å². The number of carboxylic acid groups (broad SMARTS) is 1. The molecule has 21 heavy (non-hydrogen) atoms. The van der Waals surface area contributed by atoms with Crippen LogP contribution in [0.3, 0.4) is 0 Å². The molecule has 1 aromatic heterocycles. The van der Waals surface area contributed by atoms with E-state index in [1.54, 1.807) is 6.92 Å². The summed E-state index contributed by atoms with van der Waals surface area (Å²) < 4.78 is 38.6. The molecule has 9 heteroatoms. The lowest BCUT2D eigenvalue weighted by molar-refractivity contribution is 0.0691. The second-order valence-electron chi connectivity index (χ2n) is 4.18. The Hall–Kier alpha value is -1.51. The molecule has 0 spiro atoms. The second-order valence-corrected chi connectivity index (χ2v) is 7.89. The van der Waals surface area contributed by atoms with Crippen LogP contribution in [-0.4, -0.2) is 24.5 Å². The molecule has 0 saturated heterocycles. The van der Waals surface area contributed by atoms with Crippen LogP contribution in [0.15, 0.2) is 23.2 Å². The fourth-order valence-electron chi connectivity index (χ4n) is 1.68. The molecule has 0 aliphatic rings. The van der Waals surface area contributed by atoms with Crippen molar-refractivity contribution in [3.63, 3.8) is 0 Å². The highest BCUT2D eigenvalue weighted by atomic mass is 35.5. The van der Waals surface area contributed by atoms with Gasteiger partial charge in [-0.2, -0.15) is 0 Å². The van der Waals surface area contributed by atoms with Crippen molar-refractivity contribution < 1.29 is 22.7 Å². The van der Waals surface area contributed by atoms with Gasteiger partial charge in [-0.25, -0.2) is 22.6 Å². The number of thiazole rings is 1. The van der Waals surface area contributed by atoms with Gasteiger partial charge in [-0.3, -0.25) is 0 Å². The Kier molecular flexibility index (Phi) is 4.31. The lowest BCUT2D eigenvalue weighted by Gasteiger charge is -2.07. The average Bonchev–Trinajstić information content (AvgIpc) is 2.76. The maximum absolute atomic E-state index is 14.1. The summed E-state index contributed by atoms with van der Waals surface area (Å²) in [6.07, 6.45) is 1.39. The Morgan fingerprint density at radius 1 is 1.48 bits per heavy atom. The first-order valence-corrected chi connectivity index (χ1v) is 8.42. The molecule has 2 rings (SSSR count). The lowest BCUT2D eigenvalue weighted by Crippen LogP contribution is -2.11. The number of aryl methyl sites for hydroxylation is 1. The number of carbonyl (C=O) groups is 1. The number of benzene rings is 1. The fourth-order valence-corrected chi connectivity index (χ4v) is 4.55. The SMILES string of the molecule is Cc1ncc(CS(=O)(=O)c2cc(Cl)cc(C(=O)O)c2F)s1. The highest BCUT2D eigenvalue weighted by molar-refractivity contribution is 7.90. The van der Waals surface area contributed by atoms with Crippen LogP contribution in [-0.2, 0) is 15.6 Å². The van der Waals surface area contributed by atoms with E-state index in [0.29, 0.717) is 9.88 Å². The molecular weight excluding hydrogens is 341 g/mol. The molecule has 1 heterocycles. The standard InChI is InChI=1S/C12H9ClFNO4S2/c1-6-15-4-8(20-6)5-21(18,19)10-3-7(13)2-9(11(10)14)12(16)17/h2-4H,5H2,1H3,(H,16,17). The molecule has 0 aliphatic carbocycles. The zero-order chi connectivity index (χ0) is 15.8. The zero-order valence-corrected chi connectivity index (χ0v) is 13.0. The van der Waals surface area contributed by atoms with Crippen LogP contribution in [0.5, 0.6) is 0 Å². The Morgan fingerprint density at radius 3 is 2.67 bits per heavy atom. The predicted octanol–water partition coefficient (Wildman–Crippen LogP) is 2.92. The van der Waals surface area contributed by atoms with E-state index in [4.69, 9.17) is 16.7 Å². The van der Waals surface area contributed by atoms with Crippen LogP contribution < -0.4 is 0 Å². The van der Waals surface area contributed by atoms with Crippen molar-refractivity contribution in [2.24, 2.45) is 0 Å². The van der Waals surface area contributed by atoms with Gasteiger partial charge in [0.15, 0.2) is 15.7 Å². The summed E-state index contributed by atoms with van der Waals surface area (Å²) >= 11 is 6.84. The molecule has 1 aromatic carbocycles. The quantitative estimate of drug-likeness (QED) is 0.917. The summed E-state index contributed by atoms with van der Waals surface area (Å²) in [7, 11) is -4.06. The van der Waals surface area contributed by atoms with Gasteiger partial charge in [0.1, 0.15) is 4.90 Å². The highest BCUT2D eigenvalue weighted by Crippen LogP contribution is 2.27. The normalized spacial score (nSPS) is 11.6. The Bertz CT molecular complexity index is 817. The fraction of sp³-hybridized carbons (Fsp3) is 0.167. The Balaban J connectivity index is 2.52. The Morgan fingerprint density at radius 2 is 2.14 bits per heavy atom. The van der Waals surface area contributed by atoms with E-state index in [1.807, 2.05) is 0 Å². The van der Waals surface area contributed by atoms with Crippen molar-refractivity contribution in [1.82, 2.24) is 4.98 Å². The highest BCUT2D eigenvalue weighted by Gasteiger charge is 2.26. The first kappa shape index (κ1) is 15.9. The van der Waals surface area contributed by atoms with Gasteiger partial charge in [-0.05, 0) is 19.1 Å². The molecule has 1 N–H and O–H groups in total. The van der Waals surface area contributed by atoms with E-state index in [0.717, 1.165) is 12.1 Å². The number of carboxylic acids is 1. The summed E-state index contributed by atoms with van der Waals surface area (Å²) in [6.45, 7) is 1.71. The summed E-state index contributed by atoms with van der Waals surface area (Å²) in [5, 5.41) is 9.39. The Labute approximate surface area is 128 Å². The molecule has 0 fully saturated rings. The van der Waals surface area contributed by atoms with Crippen LogP contribution in [0, 0.1) is 12.7 Å². The van der Waals surface area contributed by atoms with Crippen molar-refractivity contribution in [3.05, 3.63) is 44.6 Å². The molecule has 0 saturated carbocycles. The van der Waals surface area contributed by atoms with E-state index in [1.165, 1.54) is 17.5 Å². The molecule has 0 radical (unpaired) electrons. The minimum atomic E-state index is -4.06. The van der Waals surface area contributed by atoms with Gasteiger partial charge in [0.05, 0.1) is 16.3 Å². The number of sulfone groups is 1. The third-order valence-corrected chi connectivity index (χ3v) is 5.54. The number of halogens is 2. The second kappa shape index (κ2) is 5.70. The predicted molar refractivity (Wildman–Crippen MR) is 76.1 cm³/mol. The summed E-state index contributed by atoms with van der Waals surface area (Å²) in [6, 6.07) is 1.78. The van der Waals surface area contributed by atoms with E-state index in [9.17, 15) is 17.6 Å². The first-order chi connectivity index (χ1) is 9.70. The average molecular weight is 350 g/mol. The van der Waals surface area contributed by atoms with Gasteiger partial charge in [-0.15, -0.1) is 11.3 Å². The molecule has 0 unspecified atom stereocenters. The maximum Gasteiger partial charge on any atom is 0.338 e. The molecule has 0 amide bonds. The van der Waals surface area contributed by atoms with Gasteiger partial charge in [0.2, 0.25) is 0 Å². The lowest BCUT2D eigenvalue weighted by atomic mass is 10.2. The minimum absolute atomic E-state index is 0.159. The van der Waals surface area contributed by atoms with Crippen LogP contribution in [0.25, 0.3) is 0 Å². The van der Waals surface area contributed by atoms with Gasteiger partial charge >= 0.3 is 5.97 Å². The largest absolute Gasteiger partial charge is 0.478 e. The van der Waals surface area contributed by atoms with E-state index < -0.39 is 37.8 Å². The van der Waals surface area contributed by atoms with E-state index >= 15 is 0 Å². The first-order valence-electron chi connectivity index (χ1n) is 5.57. The molecule has 0 bridgehead atoms. The molecule has 0 aliphatic heterocycles. The molecular formula is C12H9ClFNO4S2. The van der Waals surface area contributed by atoms with E-state index in [-0.39, 0.29) is 5.02 Å². The number of aromatic nitrogens is 1. The summed E-state index contributed by atoms with van der Waals surface area (Å²) in [4.78, 5) is 14.5. The summed E-state index contributed by atoms with van der Waals surface area (Å²) in [5.41, 5.74) is -0.776. The third kappa shape index (κ3) is 3.39. The molecule has 112 valence electrons. The van der Waals surface area contributed by atoms with Crippen LogP contribution in [0.1, 0.15) is 20.2 Å². The van der Waals surface area contributed by atoms with Crippen molar-refractivity contribution in [1.29, 1.82) is 0 Å². The van der Waals surface area contributed by atoms with E-state index in [2.05, 4.69) is 4.98 Å². The topological polar surface area (TPSA) is 84.3 Å². The zero-order valence-electron chi connectivity index (χ0n) is 10.6. The minimum Gasteiger partial charge on any atom is -0.478 e. The molecule has 0 atom stereocenters. The number of aromatic carboxylic acids is 1. The van der Waals surface area contributed by atoms with Crippen LogP contribution in [0.4, 0.5) is 4.39 Å².